The van der Waals surface area contributed by atoms with Gasteiger partial charge in [-0.05, 0) is 37.7 Å². The van der Waals surface area contributed by atoms with E-state index in [-0.39, 0.29) is 12.4 Å². The Morgan fingerprint density at radius 2 is 2.22 bits per heavy atom. The predicted molar refractivity (Wildman–Crippen MR) is 75.7 cm³/mol. The van der Waals surface area contributed by atoms with E-state index in [9.17, 15) is 9.50 Å². The second-order valence-corrected chi connectivity index (χ2v) is 5.81. The minimum absolute atomic E-state index is 0.232. The lowest BCUT2D eigenvalue weighted by Gasteiger charge is -2.25. The average molecular weight is 269 g/mol. The number of hydrogen-bond donors (Lipinski definition) is 1. The highest BCUT2D eigenvalue weighted by atomic mass is 32.2. The summed E-state index contributed by atoms with van der Waals surface area (Å²) < 4.78 is 13.7. The molecule has 18 heavy (non-hydrogen) atoms. The topological polar surface area (TPSA) is 23.5 Å². The largest absolute Gasteiger partial charge is 0.391 e. The quantitative estimate of drug-likeness (QED) is 0.912. The van der Waals surface area contributed by atoms with Gasteiger partial charge in [-0.2, -0.15) is 11.8 Å². The fourth-order valence-electron chi connectivity index (χ4n) is 2.54. The molecule has 2 rings (SSSR count). The number of aliphatic hydroxyl groups is 1. The third kappa shape index (κ3) is 2.98. The summed E-state index contributed by atoms with van der Waals surface area (Å²) in [6.45, 7) is 1.67. The first kappa shape index (κ1) is 13.7. The Kier molecular flexibility index (Phi) is 4.89. The molecule has 1 unspecified atom stereocenters. The normalized spacial score (nSPS) is 20.8. The standard InChI is InChI=1S/C14H20FNOS/c1-18-11-4-3-8-16(9-7-11)14-6-2-5-13(15)12(14)10-17/h2,5-6,11,17H,3-4,7-10H2,1H3. The Labute approximate surface area is 112 Å². The van der Waals surface area contributed by atoms with Crippen molar-refractivity contribution in [3.05, 3.63) is 29.6 Å². The van der Waals surface area contributed by atoms with E-state index in [2.05, 4.69) is 11.2 Å². The molecule has 1 saturated heterocycles. The monoisotopic (exact) mass is 269 g/mol. The molecule has 0 amide bonds. The number of benzene rings is 1. The summed E-state index contributed by atoms with van der Waals surface area (Å²) in [6, 6.07) is 5.05. The van der Waals surface area contributed by atoms with E-state index < -0.39 is 0 Å². The molecule has 0 spiro atoms. The predicted octanol–water partition coefficient (Wildman–Crippen LogP) is 3.04. The van der Waals surface area contributed by atoms with Crippen LogP contribution in [0.4, 0.5) is 10.1 Å². The third-order valence-corrected chi connectivity index (χ3v) is 4.74. The van der Waals surface area contributed by atoms with Gasteiger partial charge in [-0.25, -0.2) is 4.39 Å². The van der Waals surface area contributed by atoms with Crippen molar-refractivity contribution in [1.29, 1.82) is 0 Å². The number of halogens is 1. The molecule has 100 valence electrons. The number of hydrogen-bond acceptors (Lipinski definition) is 3. The van der Waals surface area contributed by atoms with E-state index in [1.165, 1.54) is 12.5 Å². The van der Waals surface area contributed by atoms with Crippen molar-refractivity contribution < 1.29 is 9.50 Å². The molecule has 0 radical (unpaired) electrons. The van der Waals surface area contributed by atoms with Crippen molar-refractivity contribution in [3.63, 3.8) is 0 Å². The molecule has 2 nitrogen and oxygen atoms in total. The smallest absolute Gasteiger partial charge is 0.130 e. The van der Waals surface area contributed by atoms with E-state index in [0.717, 1.165) is 31.6 Å². The highest BCUT2D eigenvalue weighted by Gasteiger charge is 2.19. The number of rotatable bonds is 3. The van der Waals surface area contributed by atoms with E-state index in [4.69, 9.17) is 0 Å². The maximum absolute atomic E-state index is 13.7. The van der Waals surface area contributed by atoms with Crippen molar-refractivity contribution in [2.24, 2.45) is 0 Å². The first-order valence-electron chi connectivity index (χ1n) is 6.42. The molecule has 1 aromatic rings. The van der Waals surface area contributed by atoms with Crippen LogP contribution in [0.3, 0.4) is 0 Å². The van der Waals surface area contributed by atoms with Gasteiger partial charge in [0.15, 0.2) is 0 Å². The molecule has 0 bridgehead atoms. The molecule has 4 heteroatoms. The number of nitrogens with zero attached hydrogens (tertiary/aromatic N) is 1. The molecule has 0 aliphatic carbocycles. The molecule has 1 aliphatic rings. The van der Waals surface area contributed by atoms with E-state index in [0.29, 0.717) is 10.8 Å². The summed E-state index contributed by atoms with van der Waals surface area (Å²) in [7, 11) is 0. The van der Waals surface area contributed by atoms with Crippen LogP contribution >= 0.6 is 11.8 Å². The minimum Gasteiger partial charge on any atom is -0.391 e. The van der Waals surface area contributed by atoms with Crippen LogP contribution in [0, 0.1) is 5.82 Å². The number of anilines is 1. The zero-order chi connectivity index (χ0) is 13.0. The van der Waals surface area contributed by atoms with Gasteiger partial charge in [-0.1, -0.05) is 6.07 Å². The fourth-order valence-corrected chi connectivity index (χ4v) is 3.29. The van der Waals surface area contributed by atoms with Crippen molar-refractivity contribution in [2.45, 2.75) is 31.1 Å². The second kappa shape index (κ2) is 6.43. The SMILES string of the molecule is CSC1CCCN(c2cccc(F)c2CO)CC1. The van der Waals surface area contributed by atoms with Gasteiger partial charge in [0.2, 0.25) is 0 Å². The van der Waals surface area contributed by atoms with Gasteiger partial charge in [0, 0.05) is 29.6 Å². The molecule has 1 aromatic carbocycles. The van der Waals surface area contributed by atoms with E-state index >= 15 is 0 Å². The lowest BCUT2D eigenvalue weighted by molar-refractivity contribution is 0.276. The number of thioether (sulfide) groups is 1. The summed E-state index contributed by atoms with van der Waals surface area (Å²) in [5, 5.41) is 10.0. The van der Waals surface area contributed by atoms with Gasteiger partial charge in [-0.3, -0.25) is 0 Å². The summed E-state index contributed by atoms with van der Waals surface area (Å²) >= 11 is 1.92. The minimum atomic E-state index is -0.305. The lowest BCUT2D eigenvalue weighted by Crippen LogP contribution is -2.26. The van der Waals surface area contributed by atoms with E-state index in [1.54, 1.807) is 6.07 Å². The van der Waals surface area contributed by atoms with Gasteiger partial charge in [0.25, 0.3) is 0 Å². The number of aliphatic hydroxyl groups excluding tert-OH is 1. The van der Waals surface area contributed by atoms with Gasteiger partial charge in [-0.15, -0.1) is 0 Å². The molecule has 0 aromatic heterocycles. The average Bonchev–Trinajstić information content (AvgIpc) is 2.63. The maximum atomic E-state index is 13.7. The molecule has 1 atom stereocenters. The molecular weight excluding hydrogens is 249 g/mol. The Balaban J connectivity index is 2.18. The Bertz CT molecular complexity index is 399. The Morgan fingerprint density at radius 3 is 2.94 bits per heavy atom. The van der Waals surface area contributed by atoms with Crippen LogP contribution in [0.5, 0.6) is 0 Å². The van der Waals surface area contributed by atoms with Crippen molar-refractivity contribution >= 4 is 17.4 Å². The molecule has 1 aliphatic heterocycles. The molecule has 1 fully saturated rings. The summed E-state index contributed by atoms with van der Waals surface area (Å²) in [5.74, 6) is -0.305. The second-order valence-electron chi connectivity index (χ2n) is 4.67. The molecule has 1 N–H and O–H groups in total. The Hall–Kier alpha value is -0.740. The van der Waals surface area contributed by atoms with Gasteiger partial charge >= 0.3 is 0 Å². The molecule has 0 saturated carbocycles. The Morgan fingerprint density at radius 1 is 1.39 bits per heavy atom. The van der Waals surface area contributed by atoms with Gasteiger partial charge < -0.3 is 10.0 Å². The van der Waals surface area contributed by atoms with Crippen molar-refractivity contribution in [3.8, 4) is 0 Å². The van der Waals surface area contributed by atoms with Crippen LogP contribution in [0.1, 0.15) is 24.8 Å². The molecule has 1 heterocycles. The van der Waals surface area contributed by atoms with Crippen molar-refractivity contribution in [1.82, 2.24) is 0 Å². The highest BCUT2D eigenvalue weighted by molar-refractivity contribution is 7.99. The van der Waals surface area contributed by atoms with Crippen LogP contribution in [0.25, 0.3) is 0 Å². The van der Waals surface area contributed by atoms with Gasteiger partial charge in [0.1, 0.15) is 5.82 Å². The fraction of sp³-hybridized carbons (Fsp3) is 0.571. The summed E-state index contributed by atoms with van der Waals surface area (Å²) in [6.07, 6.45) is 5.64. The third-order valence-electron chi connectivity index (χ3n) is 3.60. The van der Waals surface area contributed by atoms with E-state index in [1.807, 2.05) is 17.8 Å². The van der Waals surface area contributed by atoms with Crippen LogP contribution in [-0.2, 0) is 6.61 Å². The van der Waals surface area contributed by atoms with Crippen LogP contribution in [-0.4, -0.2) is 29.7 Å². The van der Waals surface area contributed by atoms with Crippen LogP contribution in [0.2, 0.25) is 0 Å². The van der Waals surface area contributed by atoms with Crippen molar-refractivity contribution in [2.75, 3.05) is 24.2 Å². The van der Waals surface area contributed by atoms with Crippen LogP contribution in [0.15, 0.2) is 18.2 Å². The highest BCUT2D eigenvalue weighted by Crippen LogP contribution is 2.28. The lowest BCUT2D eigenvalue weighted by atomic mass is 10.1. The van der Waals surface area contributed by atoms with Gasteiger partial charge in [0.05, 0.1) is 6.61 Å². The first-order valence-corrected chi connectivity index (χ1v) is 7.71. The zero-order valence-electron chi connectivity index (χ0n) is 10.7. The summed E-state index contributed by atoms with van der Waals surface area (Å²) in [4.78, 5) is 2.21. The van der Waals surface area contributed by atoms with Crippen LogP contribution < -0.4 is 4.90 Å². The zero-order valence-corrected chi connectivity index (χ0v) is 11.5. The first-order chi connectivity index (χ1) is 8.76. The summed E-state index contributed by atoms with van der Waals surface area (Å²) in [5.41, 5.74) is 1.29. The molecular formula is C14H20FNOS. The maximum Gasteiger partial charge on any atom is 0.130 e.